The number of pyridine rings is 1. The number of piperidine rings is 1. The lowest BCUT2D eigenvalue weighted by molar-refractivity contribution is 0.343. The zero-order chi connectivity index (χ0) is 16.4. The molecule has 24 heavy (non-hydrogen) atoms. The first-order valence-corrected chi connectivity index (χ1v) is 8.28. The van der Waals surface area contributed by atoms with Gasteiger partial charge < -0.3 is 5.32 Å². The summed E-state index contributed by atoms with van der Waals surface area (Å²) in [6.07, 6.45) is 6.05. The van der Waals surface area contributed by atoms with Crippen molar-refractivity contribution in [3.05, 3.63) is 60.7 Å². The Hall–Kier alpha value is -2.53. The van der Waals surface area contributed by atoms with E-state index in [2.05, 4.69) is 21.2 Å². The van der Waals surface area contributed by atoms with Gasteiger partial charge in [-0.2, -0.15) is 5.10 Å². The van der Waals surface area contributed by atoms with Gasteiger partial charge in [-0.1, -0.05) is 0 Å². The Labute approximate surface area is 140 Å². The van der Waals surface area contributed by atoms with Gasteiger partial charge in [-0.05, 0) is 68.4 Å². The first-order chi connectivity index (χ1) is 11.8. The molecule has 0 amide bonds. The van der Waals surface area contributed by atoms with Gasteiger partial charge in [0.15, 0.2) is 0 Å². The minimum absolute atomic E-state index is 0.240. The van der Waals surface area contributed by atoms with Crippen LogP contribution in [0.2, 0.25) is 0 Å². The molecule has 5 heteroatoms. The van der Waals surface area contributed by atoms with Crippen LogP contribution in [0.15, 0.2) is 54.9 Å². The van der Waals surface area contributed by atoms with Crippen LogP contribution < -0.4 is 5.32 Å². The van der Waals surface area contributed by atoms with Gasteiger partial charge in [-0.3, -0.25) is 9.67 Å². The van der Waals surface area contributed by atoms with Crippen LogP contribution in [-0.4, -0.2) is 27.9 Å². The summed E-state index contributed by atoms with van der Waals surface area (Å²) < 4.78 is 15.2. The van der Waals surface area contributed by atoms with Crippen LogP contribution in [0.25, 0.3) is 22.5 Å². The molecule has 122 valence electrons. The summed E-state index contributed by atoms with van der Waals surface area (Å²) in [5, 5.41) is 8.13. The molecular weight excluding hydrogens is 303 g/mol. The second-order valence-corrected chi connectivity index (χ2v) is 6.10. The van der Waals surface area contributed by atoms with Crippen LogP contribution in [0, 0.1) is 5.82 Å². The topological polar surface area (TPSA) is 42.7 Å². The molecule has 0 bridgehead atoms. The second kappa shape index (κ2) is 6.53. The summed E-state index contributed by atoms with van der Waals surface area (Å²) >= 11 is 0. The van der Waals surface area contributed by atoms with Gasteiger partial charge in [-0.25, -0.2) is 4.39 Å². The second-order valence-electron chi connectivity index (χ2n) is 6.10. The summed E-state index contributed by atoms with van der Waals surface area (Å²) in [7, 11) is 0. The summed E-state index contributed by atoms with van der Waals surface area (Å²) in [6, 6.07) is 12.9. The molecule has 0 spiro atoms. The predicted molar refractivity (Wildman–Crippen MR) is 92.0 cm³/mol. The van der Waals surface area contributed by atoms with Crippen LogP contribution in [0.5, 0.6) is 0 Å². The number of benzene rings is 1. The Balaban J connectivity index is 1.61. The van der Waals surface area contributed by atoms with E-state index in [1.165, 1.54) is 12.1 Å². The van der Waals surface area contributed by atoms with Crippen molar-refractivity contribution in [2.24, 2.45) is 0 Å². The molecule has 1 aromatic carbocycles. The van der Waals surface area contributed by atoms with Gasteiger partial charge in [0.1, 0.15) is 5.82 Å². The van der Waals surface area contributed by atoms with E-state index in [0.717, 1.165) is 48.4 Å². The minimum Gasteiger partial charge on any atom is -0.317 e. The molecule has 1 saturated heterocycles. The maximum absolute atomic E-state index is 13.1. The summed E-state index contributed by atoms with van der Waals surface area (Å²) in [5.74, 6) is -0.240. The molecular formula is C19H19FN4. The number of hydrogen-bond donors (Lipinski definition) is 1. The number of aromatic nitrogens is 3. The molecule has 0 aliphatic carbocycles. The Bertz CT molecular complexity index is 819. The van der Waals surface area contributed by atoms with E-state index in [0.29, 0.717) is 6.04 Å². The lowest BCUT2D eigenvalue weighted by Crippen LogP contribution is -2.29. The summed E-state index contributed by atoms with van der Waals surface area (Å²) in [4.78, 5) is 4.40. The SMILES string of the molecule is Fc1ccc(-c2cc(-c3ccn(C4CCNCC4)n3)ccn2)cc1. The van der Waals surface area contributed by atoms with E-state index < -0.39 is 0 Å². The highest BCUT2D eigenvalue weighted by Gasteiger charge is 2.16. The standard InChI is InChI=1S/C19H19FN4/c20-16-3-1-14(2-4-16)19-13-15(5-11-22-19)18-8-12-24(23-18)17-6-9-21-10-7-17/h1-5,8,11-13,17,21H,6-7,9-10H2. The van der Waals surface area contributed by atoms with Crippen molar-refractivity contribution in [1.82, 2.24) is 20.1 Å². The summed E-state index contributed by atoms with van der Waals surface area (Å²) in [6.45, 7) is 2.09. The Morgan fingerprint density at radius 3 is 2.54 bits per heavy atom. The molecule has 1 fully saturated rings. The number of halogens is 1. The van der Waals surface area contributed by atoms with Crippen molar-refractivity contribution in [2.45, 2.75) is 18.9 Å². The van der Waals surface area contributed by atoms with E-state index in [1.54, 1.807) is 18.3 Å². The van der Waals surface area contributed by atoms with Crippen molar-refractivity contribution in [3.8, 4) is 22.5 Å². The molecule has 1 N–H and O–H groups in total. The highest BCUT2D eigenvalue weighted by Crippen LogP contribution is 2.25. The third-order valence-corrected chi connectivity index (χ3v) is 4.49. The van der Waals surface area contributed by atoms with Crippen molar-refractivity contribution >= 4 is 0 Å². The number of nitrogens with one attached hydrogen (secondary N) is 1. The summed E-state index contributed by atoms with van der Waals surface area (Å²) in [5.41, 5.74) is 3.69. The maximum Gasteiger partial charge on any atom is 0.123 e. The van der Waals surface area contributed by atoms with E-state index in [1.807, 2.05) is 18.2 Å². The third-order valence-electron chi connectivity index (χ3n) is 4.49. The monoisotopic (exact) mass is 322 g/mol. The van der Waals surface area contributed by atoms with E-state index in [-0.39, 0.29) is 5.82 Å². The normalized spacial score (nSPS) is 15.5. The maximum atomic E-state index is 13.1. The zero-order valence-electron chi connectivity index (χ0n) is 13.3. The lowest BCUT2D eigenvalue weighted by Gasteiger charge is -2.22. The van der Waals surface area contributed by atoms with Crippen molar-refractivity contribution in [3.63, 3.8) is 0 Å². The van der Waals surface area contributed by atoms with Gasteiger partial charge in [0.2, 0.25) is 0 Å². The van der Waals surface area contributed by atoms with E-state index >= 15 is 0 Å². The zero-order valence-corrected chi connectivity index (χ0v) is 13.3. The first-order valence-electron chi connectivity index (χ1n) is 8.28. The van der Waals surface area contributed by atoms with Gasteiger partial charge >= 0.3 is 0 Å². The van der Waals surface area contributed by atoms with Crippen LogP contribution in [0.1, 0.15) is 18.9 Å². The van der Waals surface area contributed by atoms with Crippen LogP contribution >= 0.6 is 0 Å². The van der Waals surface area contributed by atoms with Gasteiger partial charge in [0, 0.05) is 23.5 Å². The van der Waals surface area contributed by atoms with Crippen molar-refractivity contribution < 1.29 is 4.39 Å². The lowest BCUT2D eigenvalue weighted by atomic mass is 10.1. The molecule has 4 rings (SSSR count). The van der Waals surface area contributed by atoms with Gasteiger partial charge in [0.05, 0.1) is 17.4 Å². The molecule has 0 saturated carbocycles. The van der Waals surface area contributed by atoms with E-state index in [4.69, 9.17) is 5.10 Å². The Kier molecular flexibility index (Phi) is 4.09. The molecule has 0 radical (unpaired) electrons. The first kappa shape index (κ1) is 15.0. The van der Waals surface area contributed by atoms with Gasteiger partial charge in [0.25, 0.3) is 0 Å². The highest BCUT2D eigenvalue weighted by molar-refractivity contribution is 5.67. The third kappa shape index (κ3) is 3.08. The fourth-order valence-electron chi connectivity index (χ4n) is 3.13. The Morgan fingerprint density at radius 2 is 1.75 bits per heavy atom. The molecule has 1 aliphatic heterocycles. The molecule has 3 heterocycles. The molecule has 1 aliphatic rings. The number of rotatable bonds is 3. The van der Waals surface area contributed by atoms with Crippen LogP contribution in [-0.2, 0) is 0 Å². The van der Waals surface area contributed by atoms with Crippen LogP contribution in [0.4, 0.5) is 4.39 Å². The minimum atomic E-state index is -0.240. The largest absolute Gasteiger partial charge is 0.317 e. The van der Waals surface area contributed by atoms with E-state index in [9.17, 15) is 4.39 Å². The molecule has 4 nitrogen and oxygen atoms in total. The number of nitrogens with zero attached hydrogens (tertiary/aromatic N) is 3. The highest BCUT2D eigenvalue weighted by atomic mass is 19.1. The predicted octanol–water partition coefficient (Wildman–Crippen LogP) is 3.68. The fourth-order valence-corrected chi connectivity index (χ4v) is 3.13. The average molecular weight is 322 g/mol. The smallest absolute Gasteiger partial charge is 0.123 e. The number of hydrogen-bond acceptors (Lipinski definition) is 3. The molecule has 2 aromatic heterocycles. The van der Waals surface area contributed by atoms with Gasteiger partial charge in [-0.15, -0.1) is 0 Å². The van der Waals surface area contributed by atoms with Crippen molar-refractivity contribution in [1.29, 1.82) is 0 Å². The Morgan fingerprint density at radius 1 is 0.958 bits per heavy atom. The molecule has 3 aromatic rings. The molecule has 0 unspecified atom stereocenters. The fraction of sp³-hybridized carbons (Fsp3) is 0.263. The van der Waals surface area contributed by atoms with Crippen LogP contribution in [0.3, 0.4) is 0 Å². The van der Waals surface area contributed by atoms with Crippen molar-refractivity contribution in [2.75, 3.05) is 13.1 Å². The quantitative estimate of drug-likeness (QED) is 0.800. The average Bonchev–Trinajstić information content (AvgIpc) is 3.13. The molecule has 0 atom stereocenters.